The summed E-state index contributed by atoms with van der Waals surface area (Å²) >= 11 is 0. The topological polar surface area (TPSA) is 24.1 Å². The molecule has 27 heavy (non-hydrogen) atoms. The fourth-order valence-electron chi connectivity index (χ4n) is 3.03. The second kappa shape index (κ2) is 8.24. The molecule has 2 nitrogen and oxygen atoms in total. The van der Waals surface area contributed by atoms with Gasteiger partial charge in [0, 0.05) is 22.7 Å². The predicted octanol–water partition coefficient (Wildman–Crippen LogP) is 6.76. The standard InChI is InChI=1S/C25H22N2/c1-3-7-20(8-4-1)19-21-11-13-23(14-12-21)27-25-17-15-24(16-18-25)26-22-9-5-2-6-10-22/h1-18,26-27H,19H2. The molecule has 0 bridgehead atoms. The first-order valence-corrected chi connectivity index (χ1v) is 9.17. The lowest BCUT2D eigenvalue weighted by molar-refractivity contribution is 1.19. The van der Waals surface area contributed by atoms with Gasteiger partial charge in [0.1, 0.15) is 0 Å². The molecular formula is C25H22N2. The third kappa shape index (κ3) is 4.77. The molecule has 0 unspecified atom stereocenters. The fraction of sp³-hybridized carbons (Fsp3) is 0.0400. The van der Waals surface area contributed by atoms with E-state index in [0.717, 1.165) is 29.2 Å². The summed E-state index contributed by atoms with van der Waals surface area (Å²) in [6.45, 7) is 0. The number of nitrogens with one attached hydrogen (secondary N) is 2. The van der Waals surface area contributed by atoms with Gasteiger partial charge in [0.25, 0.3) is 0 Å². The average molecular weight is 350 g/mol. The Hall–Kier alpha value is -3.52. The van der Waals surface area contributed by atoms with E-state index in [1.54, 1.807) is 0 Å². The first-order chi connectivity index (χ1) is 13.3. The predicted molar refractivity (Wildman–Crippen MR) is 115 cm³/mol. The van der Waals surface area contributed by atoms with Gasteiger partial charge in [0.15, 0.2) is 0 Å². The van der Waals surface area contributed by atoms with Gasteiger partial charge in [-0.3, -0.25) is 0 Å². The van der Waals surface area contributed by atoms with Crippen molar-refractivity contribution in [2.75, 3.05) is 10.6 Å². The summed E-state index contributed by atoms with van der Waals surface area (Å²) in [7, 11) is 0. The van der Waals surface area contributed by atoms with Crippen LogP contribution < -0.4 is 10.6 Å². The highest BCUT2D eigenvalue weighted by Gasteiger charge is 1.99. The zero-order valence-electron chi connectivity index (χ0n) is 15.1. The van der Waals surface area contributed by atoms with E-state index >= 15 is 0 Å². The Labute approximate surface area is 160 Å². The Morgan fingerprint density at radius 2 is 0.741 bits per heavy atom. The Morgan fingerprint density at radius 1 is 0.370 bits per heavy atom. The molecule has 0 atom stereocenters. The molecule has 4 rings (SSSR count). The van der Waals surface area contributed by atoms with Crippen LogP contribution >= 0.6 is 0 Å². The van der Waals surface area contributed by atoms with Crippen LogP contribution in [0.15, 0.2) is 109 Å². The summed E-state index contributed by atoms with van der Waals surface area (Å²) in [6, 6.07) is 37.7. The summed E-state index contributed by atoms with van der Waals surface area (Å²) in [5.41, 5.74) is 6.98. The van der Waals surface area contributed by atoms with Gasteiger partial charge in [0.05, 0.1) is 0 Å². The van der Waals surface area contributed by atoms with Crippen LogP contribution in [0.4, 0.5) is 22.7 Å². The molecule has 4 aromatic rings. The number of anilines is 4. The number of para-hydroxylation sites is 1. The summed E-state index contributed by atoms with van der Waals surface area (Å²) < 4.78 is 0. The molecule has 0 aromatic heterocycles. The normalized spacial score (nSPS) is 10.4. The largest absolute Gasteiger partial charge is 0.356 e. The number of hydrogen-bond donors (Lipinski definition) is 2. The van der Waals surface area contributed by atoms with Crippen LogP contribution in [0.25, 0.3) is 0 Å². The third-order valence-electron chi connectivity index (χ3n) is 4.44. The van der Waals surface area contributed by atoms with Gasteiger partial charge in [0.2, 0.25) is 0 Å². The van der Waals surface area contributed by atoms with E-state index in [0.29, 0.717) is 0 Å². The average Bonchev–Trinajstić information content (AvgIpc) is 2.73. The van der Waals surface area contributed by atoms with Gasteiger partial charge in [-0.2, -0.15) is 0 Å². The molecule has 0 aliphatic carbocycles. The van der Waals surface area contributed by atoms with Crippen LogP contribution in [-0.2, 0) is 6.42 Å². The molecule has 0 saturated heterocycles. The molecule has 132 valence electrons. The molecule has 0 aliphatic rings. The summed E-state index contributed by atoms with van der Waals surface area (Å²) in [5, 5.41) is 6.86. The summed E-state index contributed by atoms with van der Waals surface area (Å²) in [5.74, 6) is 0. The van der Waals surface area contributed by atoms with Crippen LogP contribution in [-0.4, -0.2) is 0 Å². The first kappa shape index (κ1) is 16.9. The molecule has 0 aliphatic heterocycles. The van der Waals surface area contributed by atoms with Crippen molar-refractivity contribution in [3.05, 3.63) is 120 Å². The molecule has 4 aromatic carbocycles. The van der Waals surface area contributed by atoms with Crippen molar-refractivity contribution in [2.45, 2.75) is 6.42 Å². The summed E-state index contributed by atoms with van der Waals surface area (Å²) in [6.07, 6.45) is 0.959. The van der Waals surface area contributed by atoms with Gasteiger partial charge in [-0.25, -0.2) is 0 Å². The lowest BCUT2D eigenvalue weighted by Crippen LogP contribution is -1.93. The smallest absolute Gasteiger partial charge is 0.0385 e. The van der Waals surface area contributed by atoms with E-state index in [1.165, 1.54) is 11.1 Å². The van der Waals surface area contributed by atoms with E-state index in [-0.39, 0.29) is 0 Å². The molecule has 0 heterocycles. The molecule has 0 radical (unpaired) electrons. The van der Waals surface area contributed by atoms with Gasteiger partial charge in [-0.15, -0.1) is 0 Å². The van der Waals surface area contributed by atoms with Crippen LogP contribution in [0.1, 0.15) is 11.1 Å². The van der Waals surface area contributed by atoms with Gasteiger partial charge >= 0.3 is 0 Å². The molecule has 0 spiro atoms. The van der Waals surface area contributed by atoms with Crippen molar-refractivity contribution in [2.24, 2.45) is 0 Å². The van der Waals surface area contributed by atoms with Gasteiger partial charge in [-0.05, 0) is 66.1 Å². The second-order valence-electron chi connectivity index (χ2n) is 6.55. The maximum absolute atomic E-state index is 3.46. The summed E-state index contributed by atoms with van der Waals surface area (Å²) in [4.78, 5) is 0. The molecule has 0 amide bonds. The highest BCUT2D eigenvalue weighted by molar-refractivity contribution is 5.66. The lowest BCUT2D eigenvalue weighted by Gasteiger charge is -2.10. The van der Waals surface area contributed by atoms with Crippen molar-refractivity contribution in [3.63, 3.8) is 0 Å². The second-order valence-corrected chi connectivity index (χ2v) is 6.55. The van der Waals surface area contributed by atoms with Crippen molar-refractivity contribution >= 4 is 22.7 Å². The zero-order valence-corrected chi connectivity index (χ0v) is 15.1. The van der Waals surface area contributed by atoms with Crippen LogP contribution in [0.3, 0.4) is 0 Å². The highest BCUT2D eigenvalue weighted by Crippen LogP contribution is 2.22. The van der Waals surface area contributed by atoms with Gasteiger partial charge < -0.3 is 10.6 Å². The molecular weight excluding hydrogens is 328 g/mol. The Kier molecular flexibility index (Phi) is 5.16. The molecule has 2 heteroatoms. The van der Waals surface area contributed by atoms with Gasteiger partial charge in [-0.1, -0.05) is 60.7 Å². The Morgan fingerprint density at radius 3 is 1.26 bits per heavy atom. The monoisotopic (exact) mass is 350 g/mol. The molecule has 2 N–H and O–H groups in total. The molecule has 0 fully saturated rings. The number of benzene rings is 4. The van der Waals surface area contributed by atoms with Crippen LogP contribution in [0, 0.1) is 0 Å². The van der Waals surface area contributed by atoms with E-state index in [1.807, 2.05) is 18.2 Å². The lowest BCUT2D eigenvalue weighted by atomic mass is 10.0. The Balaban J connectivity index is 1.37. The van der Waals surface area contributed by atoms with Crippen LogP contribution in [0.2, 0.25) is 0 Å². The minimum atomic E-state index is 0.959. The molecule has 0 saturated carbocycles. The maximum atomic E-state index is 3.46. The third-order valence-corrected chi connectivity index (χ3v) is 4.44. The van der Waals surface area contributed by atoms with Crippen molar-refractivity contribution in [3.8, 4) is 0 Å². The van der Waals surface area contributed by atoms with Crippen molar-refractivity contribution < 1.29 is 0 Å². The van der Waals surface area contributed by atoms with E-state index in [4.69, 9.17) is 0 Å². The minimum Gasteiger partial charge on any atom is -0.356 e. The van der Waals surface area contributed by atoms with E-state index < -0.39 is 0 Å². The van der Waals surface area contributed by atoms with E-state index in [9.17, 15) is 0 Å². The quantitative estimate of drug-likeness (QED) is 0.401. The first-order valence-electron chi connectivity index (χ1n) is 9.17. The fourth-order valence-corrected chi connectivity index (χ4v) is 3.03. The van der Waals surface area contributed by atoms with Crippen molar-refractivity contribution in [1.29, 1.82) is 0 Å². The minimum absolute atomic E-state index is 0.959. The van der Waals surface area contributed by atoms with E-state index in [2.05, 4.69) is 102 Å². The maximum Gasteiger partial charge on any atom is 0.0385 e. The number of hydrogen-bond acceptors (Lipinski definition) is 2. The van der Waals surface area contributed by atoms with Crippen molar-refractivity contribution in [1.82, 2.24) is 0 Å². The number of rotatable bonds is 6. The SMILES string of the molecule is c1ccc(Cc2ccc(Nc3ccc(Nc4ccccc4)cc3)cc2)cc1. The highest BCUT2D eigenvalue weighted by atomic mass is 14.9. The Bertz CT molecular complexity index is 877. The zero-order chi connectivity index (χ0) is 18.3. The van der Waals surface area contributed by atoms with Crippen LogP contribution in [0.5, 0.6) is 0 Å².